The van der Waals surface area contributed by atoms with Gasteiger partial charge in [-0.15, -0.1) is 0 Å². The highest BCUT2D eigenvalue weighted by Gasteiger charge is 2.21. The van der Waals surface area contributed by atoms with Gasteiger partial charge >= 0.3 is 0 Å². The van der Waals surface area contributed by atoms with Gasteiger partial charge in [-0.1, -0.05) is 43.7 Å². The monoisotopic (exact) mass is 313 g/mol. The van der Waals surface area contributed by atoms with Crippen LogP contribution in [0, 0.1) is 5.92 Å². The molecule has 0 bridgehead atoms. The van der Waals surface area contributed by atoms with Crippen LogP contribution < -0.4 is 5.32 Å². The van der Waals surface area contributed by atoms with E-state index in [0.717, 1.165) is 29.6 Å². The third kappa shape index (κ3) is 4.70. The van der Waals surface area contributed by atoms with Crippen LogP contribution >= 0.6 is 11.6 Å². The second kappa shape index (κ2) is 8.76. The minimum atomic E-state index is 0.277. The number of nitrogens with zero attached hydrogens (tertiary/aromatic N) is 2. The van der Waals surface area contributed by atoms with E-state index in [9.17, 15) is 0 Å². The lowest BCUT2D eigenvalue weighted by atomic mass is 9.85. The number of nitrogens with one attached hydrogen (secondary N) is 1. The van der Waals surface area contributed by atoms with Crippen molar-refractivity contribution in [2.24, 2.45) is 5.92 Å². The molecule has 0 spiro atoms. The van der Waals surface area contributed by atoms with Gasteiger partial charge in [0.05, 0.1) is 36.1 Å². The second-order valence-electron chi connectivity index (χ2n) is 6.02. The van der Waals surface area contributed by atoms with Crippen LogP contribution in [0.25, 0.3) is 0 Å². The molecule has 1 heterocycles. The Bertz CT molecular complexity index is 416. The number of hydrogen-bond donors (Lipinski definition) is 1. The van der Waals surface area contributed by atoms with Gasteiger partial charge in [-0.05, 0) is 25.8 Å². The maximum absolute atomic E-state index is 6.35. The van der Waals surface area contributed by atoms with E-state index in [-0.39, 0.29) is 6.04 Å². The Kier molecular flexibility index (Phi) is 7.00. The van der Waals surface area contributed by atoms with Crippen LogP contribution in [0.3, 0.4) is 0 Å². The van der Waals surface area contributed by atoms with Crippen molar-refractivity contribution in [1.82, 2.24) is 15.1 Å². The molecule has 1 atom stereocenters. The highest BCUT2D eigenvalue weighted by Crippen LogP contribution is 2.32. The summed E-state index contributed by atoms with van der Waals surface area (Å²) in [6.45, 7) is 1.41. The predicted molar refractivity (Wildman–Crippen MR) is 86.7 cm³/mol. The molecule has 1 aliphatic carbocycles. The van der Waals surface area contributed by atoms with Crippen LogP contribution in [0.2, 0.25) is 5.02 Å². The summed E-state index contributed by atoms with van der Waals surface area (Å²) in [6.07, 6.45) is 11.2. The van der Waals surface area contributed by atoms with Gasteiger partial charge in [-0.3, -0.25) is 4.68 Å². The number of ether oxygens (including phenoxy) is 1. The summed E-state index contributed by atoms with van der Waals surface area (Å²) in [7, 11) is 3.72. The zero-order valence-electron chi connectivity index (χ0n) is 13.3. The van der Waals surface area contributed by atoms with Gasteiger partial charge in [0.25, 0.3) is 0 Å². The van der Waals surface area contributed by atoms with Gasteiger partial charge in [0.1, 0.15) is 0 Å². The molecule has 1 saturated carbocycles. The first-order valence-corrected chi connectivity index (χ1v) is 8.51. The molecule has 1 N–H and O–H groups in total. The average Bonchev–Trinajstić information content (AvgIpc) is 2.88. The predicted octanol–water partition coefficient (Wildman–Crippen LogP) is 3.80. The quantitative estimate of drug-likeness (QED) is 0.793. The lowest BCUT2D eigenvalue weighted by molar-refractivity contribution is 0.181. The first-order chi connectivity index (χ1) is 10.3. The number of rotatable bonds is 8. The van der Waals surface area contributed by atoms with Gasteiger partial charge in [-0.2, -0.15) is 5.10 Å². The molecule has 1 aromatic heterocycles. The summed E-state index contributed by atoms with van der Waals surface area (Å²) in [5, 5.41) is 8.56. The Hall–Kier alpha value is -0.580. The number of halogens is 1. The molecule has 0 aromatic carbocycles. The van der Waals surface area contributed by atoms with Gasteiger partial charge < -0.3 is 10.1 Å². The Morgan fingerprint density at radius 3 is 2.86 bits per heavy atom. The molecule has 21 heavy (non-hydrogen) atoms. The normalized spacial score (nSPS) is 18.0. The third-order valence-electron chi connectivity index (χ3n) is 4.61. The van der Waals surface area contributed by atoms with E-state index in [1.807, 2.05) is 11.7 Å². The Morgan fingerprint density at radius 1 is 1.43 bits per heavy atom. The summed E-state index contributed by atoms with van der Waals surface area (Å²) < 4.78 is 7.13. The van der Waals surface area contributed by atoms with Crippen molar-refractivity contribution in [2.75, 3.05) is 20.8 Å². The van der Waals surface area contributed by atoms with Crippen molar-refractivity contribution in [1.29, 1.82) is 0 Å². The molecule has 120 valence electrons. The summed E-state index contributed by atoms with van der Waals surface area (Å²) >= 11 is 6.35. The van der Waals surface area contributed by atoms with Crippen LogP contribution in [0.5, 0.6) is 0 Å². The van der Waals surface area contributed by atoms with E-state index in [0.29, 0.717) is 6.61 Å². The van der Waals surface area contributed by atoms with E-state index in [1.54, 1.807) is 13.3 Å². The second-order valence-corrected chi connectivity index (χ2v) is 6.42. The van der Waals surface area contributed by atoms with Gasteiger partial charge in [0.15, 0.2) is 0 Å². The minimum absolute atomic E-state index is 0.277. The smallest absolute Gasteiger partial charge is 0.0834 e. The van der Waals surface area contributed by atoms with Crippen molar-refractivity contribution in [2.45, 2.75) is 57.5 Å². The van der Waals surface area contributed by atoms with Crippen molar-refractivity contribution in [3.05, 3.63) is 16.9 Å². The summed E-state index contributed by atoms with van der Waals surface area (Å²) in [5.41, 5.74) is 1.10. The molecule has 1 aromatic rings. The third-order valence-corrected chi connectivity index (χ3v) is 4.90. The zero-order valence-corrected chi connectivity index (χ0v) is 14.0. The molecule has 2 rings (SSSR count). The SMILES string of the molecule is CNC(CCC1CCCCC1)c1c(Cl)cnn1CCOC. The van der Waals surface area contributed by atoms with E-state index in [4.69, 9.17) is 16.3 Å². The standard InChI is InChI=1S/C16H28ClN3O/c1-18-15(9-8-13-6-4-3-5-7-13)16-14(17)12-19-20(16)10-11-21-2/h12-13,15,18H,3-11H2,1-2H3. The number of aromatic nitrogens is 2. The molecular formula is C16H28ClN3O. The van der Waals surface area contributed by atoms with E-state index < -0.39 is 0 Å². The lowest BCUT2D eigenvalue weighted by Gasteiger charge is -2.25. The summed E-state index contributed by atoms with van der Waals surface area (Å²) in [4.78, 5) is 0. The Morgan fingerprint density at radius 2 is 2.19 bits per heavy atom. The van der Waals surface area contributed by atoms with Gasteiger partial charge in [-0.25, -0.2) is 0 Å². The van der Waals surface area contributed by atoms with Crippen LogP contribution in [0.1, 0.15) is 56.7 Å². The molecule has 0 radical (unpaired) electrons. The molecule has 1 aliphatic rings. The fraction of sp³-hybridized carbons (Fsp3) is 0.812. The van der Waals surface area contributed by atoms with Gasteiger partial charge in [0.2, 0.25) is 0 Å². The first-order valence-electron chi connectivity index (χ1n) is 8.13. The fourth-order valence-corrected chi connectivity index (χ4v) is 3.64. The van der Waals surface area contributed by atoms with E-state index in [2.05, 4.69) is 10.4 Å². The molecule has 4 nitrogen and oxygen atoms in total. The van der Waals surface area contributed by atoms with E-state index >= 15 is 0 Å². The first kappa shape index (κ1) is 16.8. The van der Waals surface area contributed by atoms with Crippen LogP contribution in [-0.4, -0.2) is 30.5 Å². The van der Waals surface area contributed by atoms with Crippen molar-refractivity contribution >= 4 is 11.6 Å². The molecule has 1 fully saturated rings. The lowest BCUT2D eigenvalue weighted by Crippen LogP contribution is -2.23. The Balaban J connectivity index is 1.97. The van der Waals surface area contributed by atoms with Gasteiger partial charge in [0, 0.05) is 7.11 Å². The zero-order chi connectivity index (χ0) is 15.1. The topological polar surface area (TPSA) is 39.1 Å². The molecule has 0 aliphatic heterocycles. The highest BCUT2D eigenvalue weighted by atomic mass is 35.5. The van der Waals surface area contributed by atoms with Crippen molar-refractivity contribution in [3.8, 4) is 0 Å². The molecule has 0 saturated heterocycles. The molecule has 0 amide bonds. The van der Waals surface area contributed by atoms with Crippen LogP contribution in [-0.2, 0) is 11.3 Å². The summed E-state index contributed by atoms with van der Waals surface area (Å²) in [6, 6.07) is 0.277. The average molecular weight is 314 g/mol. The molecular weight excluding hydrogens is 286 g/mol. The van der Waals surface area contributed by atoms with Crippen LogP contribution in [0.15, 0.2) is 6.20 Å². The number of hydrogen-bond acceptors (Lipinski definition) is 3. The summed E-state index contributed by atoms with van der Waals surface area (Å²) in [5.74, 6) is 0.892. The molecule has 1 unspecified atom stereocenters. The Labute approximate surface area is 133 Å². The minimum Gasteiger partial charge on any atom is -0.383 e. The molecule has 5 heteroatoms. The van der Waals surface area contributed by atoms with E-state index in [1.165, 1.54) is 38.5 Å². The fourth-order valence-electron chi connectivity index (χ4n) is 3.37. The highest BCUT2D eigenvalue weighted by molar-refractivity contribution is 6.31. The van der Waals surface area contributed by atoms with Crippen LogP contribution in [0.4, 0.5) is 0 Å². The number of methoxy groups -OCH3 is 1. The van der Waals surface area contributed by atoms with Crippen molar-refractivity contribution in [3.63, 3.8) is 0 Å². The maximum atomic E-state index is 6.35. The maximum Gasteiger partial charge on any atom is 0.0834 e. The van der Waals surface area contributed by atoms with Crippen molar-refractivity contribution < 1.29 is 4.74 Å². The largest absolute Gasteiger partial charge is 0.383 e.